The Labute approximate surface area is 273 Å². The Morgan fingerprint density at radius 3 is 1.53 bits per heavy atom. The third kappa shape index (κ3) is 6.11. The number of carbonyl (C=O) groups is 3. The van der Waals surface area contributed by atoms with Crippen molar-refractivity contribution >= 4 is 18.0 Å². The average Bonchev–Trinajstić information content (AvgIpc) is 3.44. The number of aliphatic carboxylic acids is 1. The number of ether oxygens (including phenoxy) is 2. The highest BCUT2D eigenvalue weighted by Crippen LogP contribution is 2.44. The van der Waals surface area contributed by atoms with Crippen LogP contribution in [0.3, 0.4) is 0 Å². The summed E-state index contributed by atoms with van der Waals surface area (Å²) in [5, 5.41) is 15.7. The summed E-state index contributed by atoms with van der Waals surface area (Å²) in [6.45, 7) is -0.0187. The minimum atomic E-state index is -1.75. The van der Waals surface area contributed by atoms with E-state index in [4.69, 9.17) is 9.47 Å². The monoisotopic (exact) mass is 626 g/mol. The summed E-state index contributed by atoms with van der Waals surface area (Å²) in [6.07, 6.45) is -2.59. The normalized spacial score (nSPS) is 13.5. The number of hydrogen-bond acceptors (Lipinski definition) is 5. The third-order valence-corrected chi connectivity index (χ3v) is 8.63. The van der Waals surface area contributed by atoms with Gasteiger partial charge in [-0.15, -0.1) is 0 Å². The lowest BCUT2D eigenvalue weighted by Crippen LogP contribution is -2.59. The Morgan fingerprint density at radius 2 is 1.11 bits per heavy atom. The lowest BCUT2D eigenvalue weighted by molar-refractivity contribution is -0.149. The summed E-state index contributed by atoms with van der Waals surface area (Å²) in [4.78, 5) is 39.9. The number of carboxylic acids is 1. The Hall–Kier alpha value is -5.73. The average molecular weight is 627 g/mol. The van der Waals surface area contributed by atoms with Gasteiger partial charge in [-0.25, -0.2) is 9.59 Å². The molecule has 5 aromatic rings. The first-order chi connectivity index (χ1) is 22.9. The molecule has 1 aliphatic rings. The summed E-state index contributed by atoms with van der Waals surface area (Å²) in [6, 6.07) is 42.3. The molecule has 0 unspecified atom stereocenters. The van der Waals surface area contributed by atoms with Crippen LogP contribution in [-0.2, 0) is 24.6 Å². The number of carboxylic acid groups (broad SMARTS) is 1. The molecule has 0 radical (unpaired) electrons. The second-order valence-electron chi connectivity index (χ2n) is 11.3. The largest absolute Gasteiger partial charge is 0.480 e. The maximum absolute atomic E-state index is 14.2. The fourth-order valence-corrected chi connectivity index (χ4v) is 6.47. The van der Waals surface area contributed by atoms with Gasteiger partial charge in [-0.3, -0.25) is 4.79 Å². The van der Waals surface area contributed by atoms with E-state index in [-0.39, 0.29) is 12.5 Å². The number of nitrogens with one attached hydrogen (secondary N) is 2. The lowest BCUT2D eigenvalue weighted by Gasteiger charge is -2.38. The van der Waals surface area contributed by atoms with E-state index < -0.39 is 35.7 Å². The van der Waals surface area contributed by atoms with E-state index in [1.54, 1.807) is 0 Å². The van der Waals surface area contributed by atoms with Gasteiger partial charge in [-0.1, -0.05) is 140 Å². The molecule has 2 atom stereocenters. The van der Waals surface area contributed by atoms with Gasteiger partial charge in [0.2, 0.25) is 0 Å². The molecule has 47 heavy (non-hydrogen) atoms. The van der Waals surface area contributed by atoms with Gasteiger partial charge in [-0.05, 0) is 38.9 Å². The number of benzene rings is 5. The van der Waals surface area contributed by atoms with Gasteiger partial charge < -0.3 is 25.2 Å². The van der Waals surface area contributed by atoms with Gasteiger partial charge >= 0.3 is 12.1 Å². The molecule has 0 aromatic heterocycles. The van der Waals surface area contributed by atoms with E-state index in [2.05, 4.69) is 10.6 Å². The Balaban J connectivity index is 1.26. The van der Waals surface area contributed by atoms with Crippen LogP contribution < -0.4 is 10.6 Å². The fourth-order valence-electron chi connectivity index (χ4n) is 6.47. The highest BCUT2D eigenvalue weighted by molar-refractivity contribution is 5.92. The summed E-state index contributed by atoms with van der Waals surface area (Å²) >= 11 is 0. The number of carbonyl (C=O) groups excluding carboxylic acids is 2. The van der Waals surface area contributed by atoms with E-state index in [1.165, 1.54) is 7.11 Å². The maximum Gasteiger partial charge on any atom is 0.407 e. The smallest absolute Gasteiger partial charge is 0.407 e. The van der Waals surface area contributed by atoms with Crippen LogP contribution in [0.15, 0.2) is 140 Å². The molecule has 8 heteroatoms. The molecule has 0 spiro atoms. The minimum Gasteiger partial charge on any atom is -0.480 e. The molecule has 236 valence electrons. The maximum atomic E-state index is 14.2. The summed E-state index contributed by atoms with van der Waals surface area (Å²) in [5.74, 6) is -2.41. The van der Waals surface area contributed by atoms with Crippen molar-refractivity contribution in [2.24, 2.45) is 0 Å². The van der Waals surface area contributed by atoms with Gasteiger partial charge in [0.05, 0.1) is 0 Å². The van der Waals surface area contributed by atoms with Gasteiger partial charge in [0.25, 0.3) is 5.91 Å². The quantitative estimate of drug-likeness (QED) is 0.153. The molecule has 0 aliphatic heterocycles. The van der Waals surface area contributed by atoms with Crippen molar-refractivity contribution in [3.8, 4) is 11.1 Å². The molecule has 5 aromatic carbocycles. The summed E-state index contributed by atoms with van der Waals surface area (Å²) < 4.78 is 11.1. The summed E-state index contributed by atoms with van der Waals surface area (Å²) in [5.41, 5.74) is 5.19. The molecular formula is C39H34N2O6. The van der Waals surface area contributed by atoms with Crippen LogP contribution in [0, 0.1) is 0 Å². The van der Waals surface area contributed by atoms with Crippen molar-refractivity contribution in [2.45, 2.75) is 23.6 Å². The predicted molar refractivity (Wildman–Crippen MR) is 178 cm³/mol. The molecule has 0 saturated heterocycles. The first-order valence-electron chi connectivity index (χ1n) is 15.3. The van der Waals surface area contributed by atoms with Crippen molar-refractivity contribution in [1.29, 1.82) is 0 Å². The molecular weight excluding hydrogens is 592 g/mol. The summed E-state index contributed by atoms with van der Waals surface area (Å²) in [7, 11) is 1.23. The molecule has 6 rings (SSSR count). The standard InChI is InChI=1S/C39H34N2O6/c1-46-35(34(37(43)44)40-38(45)47-25-33-31-23-13-11-21-29(31)30-22-12-14-24-32(30)33)36(42)41-39(26-15-5-2-6-16-26,27-17-7-3-8-18-27)28-19-9-4-10-20-28/h2-24,33-35H,25H2,1H3,(H,40,45)(H,41,42)(H,43,44)/t34-,35+/m0/s1. The zero-order chi connectivity index (χ0) is 32.8. The van der Waals surface area contributed by atoms with Crippen LogP contribution in [0.5, 0.6) is 0 Å². The number of fused-ring (bicyclic) bond motifs is 3. The zero-order valence-corrected chi connectivity index (χ0v) is 25.7. The topological polar surface area (TPSA) is 114 Å². The van der Waals surface area contributed by atoms with Crippen molar-refractivity contribution in [1.82, 2.24) is 10.6 Å². The van der Waals surface area contributed by atoms with Crippen molar-refractivity contribution in [3.05, 3.63) is 167 Å². The molecule has 1 aliphatic carbocycles. The van der Waals surface area contributed by atoms with Crippen LogP contribution in [0.4, 0.5) is 4.79 Å². The van der Waals surface area contributed by atoms with E-state index in [1.807, 2.05) is 140 Å². The van der Waals surface area contributed by atoms with Crippen molar-refractivity contribution in [2.75, 3.05) is 13.7 Å². The van der Waals surface area contributed by atoms with Crippen LogP contribution in [0.2, 0.25) is 0 Å². The van der Waals surface area contributed by atoms with Crippen molar-refractivity contribution in [3.63, 3.8) is 0 Å². The van der Waals surface area contributed by atoms with E-state index in [0.29, 0.717) is 0 Å². The second kappa shape index (κ2) is 13.7. The van der Waals surface area contributed by atoms with E-state index in [0.717, 1.165) is 38.9 Å². The SMILES string of the molecule is CO[C@@H](C(=O)NC(c1ccccc1)(c1ccccc1)c1ccccc1)[C@H](NC(=O)OCC1c2ccccc2-c2ccccc21)C(=O)O. The predicted octanol–water partition coefficient (Wildman–Crippen LogP) is 6.10. The Morgan fingerprint density at radius 1 is 0.681 bits per heavy atom. The van der Waals surface area contributed by atoms with Crippen LogP contribution in [-0.4, -0.2) is 48.9 Å². The first kappa shape index (κ1) is 31.3. The second-order valence-corrected chi connectivity index (χ2v) is 11.3. The van der Waals surface area contributed by atoms with Gasteiger partial charge in [-0.2, -0.15) is 0 Å². The number of alkyl carbamates (subject to hydrolysis) is 1. The van der Waals surface area contributed by atoms with Gasteiger partial charge in [0, 0.05) is 13.0 Å². The van der Waals surface area contributed by atoms with E-state index >= 15 is 0 Å². The number of methoxy groups -OCH3 is 1. The molecule has 0 bridgehead atoms. The molecule has 0 saturated carbocycles. The van der Waals surface area contributed by atoms with Gasteiger partial charge in [0.15, 0.2) is 12.1 Å². The molecule has 3 N–H and O–H groups in total. The highest BCUT2D eigenvalue weighted by Gasteiger charge is 2.43. The van der Waals surface area contributed by atoms with E-state index in [9.17, 15) is 19.5 Å². The number of rotatable bonds is 11. The van der Waals surface area contributed by atoms with Crippen LogP contribution >= 0.6 is 0 Å². The molecule has 2 amide bonds. The third-order valence-electron chi connectivity index (χ3n) is 8.63. The minimum absolute atomic E-state index is 0.0187. The fraction of sp³-hybridized carbons (Fsp3) is 0.154. The first-order valence-corrected chi connectivity index (χ1v) is 15.3. The number of hydrogen-bond donors (Lipinski definition) is 3. The van der Waals surface area contributed by atoms with Gasteiger partial charge in [0.1, 0.15) is 12.1 Å². The lowest BCUT2D eigenvalue weighted by atomic mass is 9.76. The molecule has 0 heterocycles. The highest BCUT2D eigenvalue weighted by atomic mass is 16.6. The van der Waals surface area contributed by atoms with Crippen molar-refractivity contribution < 1.29 is 29.0 Å². The number of amides is 2. The molecule has 8 nitrogen and oxygen atoms in total. The Bertz CT molecular complexity index is 1720. The molecule has 0 fully saturated rings. The zero-order valence-electron chi connectivity index (χ0n) is 25.7. The Kier molecular flexibility index (Phi) is 9.13. The van der Waals surface area contributed by atoms with Crippen LogP contribution in [0.1, 0.15) is 33.7 Å². The van der Waals surface area contributed by atoms with Crippen LogP contribution in [0.25, 0.3) is 11.1 Å².